The van der Waals surface area contributed by atoms with Gasteiger partial charge < -0.3 is 4.74 Å². The molecule has 2 aromatic carbocycles. The Morgan fingerprint density at radius 2 is 1.79 bits per heavy atom. The largest absolute Gasteiger partial charge is 0.469 e. The lowest BCUT2D eigenvalue weighted by atomic mass is 10.1. The first-order chi connectivity index (χ1) is 11.3. The Bertz CT molecular complexity index is 862. The molecule has 0 unspecified atom stereocenters. The summed E-state index contributed by atoms with van der Waals surface area (Å²) in [6.07, 6.45) is 0.0632. The van der Waals surface area contributed by atoms with Crippen LogP contribution in [0, 0.1) is 10.1 Å². The molecular weight excluding hydrogens is 336 g/mol. The second-order valence-corrected chi connectivity index (χ2v) is 6.43. The molecule has 1 N–H and O–H groups in total. The van der Waals surface area contributed by atoms with Crippen LogP contribution in [0.15, 0.2) is 53.4 Å². The Kier molecular flexibility index (Phi) is 5.14. The van der Waals surface area contributed by atoms with Gasteiger partial charge in [0.1, 0.15) is 0 Å². The van der Waals surface area contributed by atoms with Crippen molar-refractivity contribution >= 4 is 27.4 Å². The molecule has 0 spiro atoms. The van der Waals surface area contributed by atoms with Crippen LogP contribution in [0.1, 0.15) is 5.56 Å². The van der Waals surface area contributed by atoms with E-state index in [1.165, 1.54) is 31.4 Å². The third-order valence-corrected chi connectivity index (χ3v) is 4.56. The van der Waals surface area contributed by atoms with Crippen LogP contribution in [0.25, 0.3) is 0 Å². The lowest BCUT2D eigenvalue weighted by Gasteiger charge is -2.09. The van der Waals surface area contributed by atoms with E-state index in [1.807, 2.05) is 0 Å². The predicted octanol–water partition coefficient (Wildman–Crippen LogP) is 2.11. The predicted molar refractivity (Wildman–Crippen MR) is 86.1 cm³/mol. The van der Waals surface area contributed by atoms with Crippen LogP contribution in [0.3, 0.4) is 0 Å². The third-order valence-electron chi connectivity index (χ3n) is 3.13. The number of anilines is 1. The maximum atomic E-state index is 12.3. The highest BCUT2D eigenvalue weighted by molar-refractivity contribution is 7.92. The molecule has 0 heterocycles. The molecule has 2 rings (SSSR count). The van der Waals surface area contributed by atoms with Crippen LogP contribution in [-0.4, -0.2) is 26.4 Å². The molecule has 0 saturated carbocycles. The summed E-state index contributed by atoms with van der Waals surface area (Å²) in [6, 6.07) is 11.1. The number of carbonyl (C=O) groups is 1. The summed E-state index contributed by atoms with van der Waals surface area (Å²) in [4.78, 5) is 21.0. The molecule has 0 saturated heterocycles. The number of carbonyl (C=O) groups excluding carboxylic acids is 1. The Balaban J connectivity index is 2.24. The molecule has 0 bridgehead atoms. The number of benzene rings is 2. The molecule has 0 atom stereocenters. The summed E-state index contributed by atoms with van der Waals surface area (Å²) in [7, 11) is -2.84. The van der Waals surface area contributed by atoms with Crippen molar-refractivity contribution in [3.05, 3.63) is 64.2 Å². The van der Waals surface area contributed by atoms with Crippen LogP contribution < -0.4 is 4.72 Å². The average Bonchev–Trinajstić information content (AvgIpc) is 2.56. The first kappa shape index (κ1) is 17.4. The van der Waals surface area contributed by atoms with Gasteiger partial charge >= 0.3 is 5.97 Å². The van der Waals surface area contributed by atoms with Gasteiger partial charge in [0, 0.05) is 11.8 Å². The van der Waals surface area contributed by atoms with Crippen molar-refractivity contribution in [1.82, 2.24) is 0 Å². The normalized spacial score (nSPS) is 10.9. The fraction of sp³-hybridized carbons (Fsp3) is 0.133. The first-order valence-electron chi connectivity index (χ1n) is 6.75. The van der Waals surface area contributed by atoms with Crippen molar-refractivity contribution in [2.24, 2.45) is 0 Å². The topological polar surface area (TPSA) is 116 Å². The van der Waals surface area contributed by atoms with E-state index in [4.69, 9.17) is 0 Å². The standard InChI is InChI=1S/C15H14N2O6S/c1-23-15(18)10-11-6-8-12(9-7-11)16-24(21,22)14-5-3-2-4-13(14)17(19)20/h2-9,16H,10H2,1H3. The highest BCUT2D eigenvalue weighted by atomic mass is 32.2. The van der Waals surface area contributed by atoms with E-state index in [-0.39, 0.29) is 12.1 Å². The zero-order valence-electron chi connectivity index (χ0n) is 12.6. The number of sulfonamides is 1. The number of rotatable bonds is 6. The van der Waals surface area contributed by atoms with Gasteiger partial charge in [0.25, 0.3) is 15.7 Å². The lowest BCUT2D eigenvalue weighted by molar-refractivity contribution is -0.387. The summed E-state index contributed by atoms with van der Waals surface area (Å²) in [6.45, 7) is 0. The van der Waals surface area contributed by atoms with Crippen LogP contribution in [0.5, 0.6) is 0 Å². The number of hydrogen-bond acceptors (Lipinski definition) is 6. The number of nitro benzene ring substituents is 1. The van der Waals surface area contributed by atoms with Gasteiger partial charge in [-0.3, -0.25) is 19.6 Å². The quantitative estimate of drug-likeness (QED) is 0.484. The van der Waals surface area contributed by atoms with Gasteiger partial charge in [0.15, 0.2) is 4.90 Å². The zero-order valence-corrected chi connectivity index (χ0v) is 13.4. The maximum absolute atomic E-state index is 12.3. The Hall–Kier alpha value is -2.94. The number of hydrogen-bond donors (Lipinski definition) is 1. The van der Waals surface area contributed by atoms with E-state index in [2.05, 4.69) is 9.46 Å². The number of para-hydroxylation sites is 1. The molecule has 2 aromatic rings. The van der Waals surface area contributed by atoms with Crippen molar-refractivity contribution in [2.75, 3.05) is 11.8 Å². The highest BCUT2D eigenvalue weighted by Crippen LogP contribution is 2.25. The summed E-state index contributed by atoms with van der Waals surface area (Å²) >= 11 is 0. The Morgan fingerprint density at radius 3 is 2.38 bits per heavy atom. The van der Waals surface area contributed by atoms with Gasteiger partial charge in [-0.2, -0.15) is 0 Å². The number of nitrogens with one attached hydrogen (secondary N) is 1. The SMILES string of the molecule is COC(=O)Cc1ccc(NS(=O)(=O)c2ccccc2[N+](=O)[O-])cc1. The summed E-state index contributed by atoms with van der Waals surface area (Å²) in [5, 5.41) is 11.0. The van der Waals surface area contributed by atoms with E-state index >= 15 is 0 Å². The minimum Gasteiger partial charge on any atom is -0.469 e. The van der Waals surface area contributed by atoms with E-state index in [9.17, 15) is 23.3 Å². The number of nitrogens with zero attached hydrogens (tertiary/aromatic N) is 1. The van der Waals surface area contributed by atoms with Gasteiger partial charge in [-0.05, 0) is 23.8 Å². The molecule has 0 aliphatic rings. The van der Waals surface area contributed by atoms with Gasteiger partial charge in [0.2, 0.25) is 0 Å². The number of ether oxygens (including phenoxy) is 1. The zero-order chi connectivity index (χ0) is 17.7. The second kappa shape index (κ2) is 7.09. The number of esters is 1. The molecule has 0 fully saturated rings. The first-order valence-corrected chi connectivity index (χ1v) is 8.24. The van der Waals surface area contributed by atoms with Crippen LogP contribution in [0.4, 0.5) is 11.4 Å². The molecule has 0 aliphatic heterocycles. The molecule has 0 aliphatic carbocycles. The van der Waals surface area contributed by atoms with E-state index in [0.29, 0.717) is 5.56 Å². The minimum atomic E-state index is -4.11. The molecule has 0 radical (unpaired) electrons. The van der Waals surface area contributed by atoms with E-state index < -0.39 is 31.5 Å². The van der Waals surface area contributed by atoms with E-state index in [1.54, 1.807) is 12.1 Å². The number of methoxy groups -OCH3 is 1. The number of nitro groups is 1. The molecule has 8 nitrogen and oxygen atoms in total. The van der Waals surface area contributed by atoms with Crippen LogP contribution in [0.2, 0.25) is 0 Å². The molecule has 0 aromatic heterocycles. The lowest BCUT2D eigenvalue weighted by Crippen LogP contribution is -2.14. The smallest absolute Gasteiger partial charge is 0.309 e. The van der Waals surface area contributed by atoms with Gasteiger partial charge in [-0.1, -0.05) is 24.3 Å². The fourth-order valence-electron chi connectivity index (χ4n) is 1.97. The Labute approximate surface area is 138 Å². The van der Waals surface area contributed by atoms with Crippen molar-refractivity contribution in [3.8, 4) is 0 Å². The summed E-state index contributed by atoms with van der Waals surface area (Å²) in [5.41, 5.74) is 0.365. The van der Waals surface area contributed by atoms with Crippen LogP contribution >= 0.6 is 0 Å². The van der Waals surface area contributed by atoms with Crippen molar-refractivity contribution in [3.63, 3.8) is 0 Å². The maximum Gasteiger partial charge on any atom is 0.309 e. The van der Waals surface area contributed by atoms with Crippen LogP contribution in [-0.2, 0) is 26.0 Å². The van der Waals surface area contributed by atoms with Crippen molar-refractivity contribution in [2.45, 2.75) is 11.3 Å². The van der Waals surface area contributed by atoms with Gasteiger partial charge in [-0.25, -0.2) is 8.42 Å². The fourth-order valence-corrected chi connectivity index (χ4v) is 3.21. The third kappa shape index (κ3) is 4.07. The van der Waals surface area contributed by atoms with E-state index in [0.717, 1.165) is 12.1 Å². The summed E-state index contributed by atoms with van der Waals surface area (Å²) < 4.78 is 31.5. The molecular formula is C15H14N2O6S. The molecule has 9 heteroatoms. The monoisotopic (exact) mass is 350 g/mol. The molecule has 126 valence electrons. The van der Waals surface area contributed by atoms with Crippen molar-refractivity contribution in [1.29, 1.82) is 0 Å². The molecule has 0 amide bonds. The van der Waals surface area contributed by atoms with Crippen molar-refractivity contribution < 1.29 is 22.9 Å². The summed E-state index contributed by atoms with van der Waals surface area (Å²) in [5.74, 6) is -0.414. The minimum absolute atomic E-state index is 0.0632. The Morgan fingerprint density at radius 1 is 1.17 bits per heavy atom. The molecule has 24 heavy (non-hydrogen) atoms. The average molecular weight is 350 g/mol. The second-order valence-electron chi connectivity index (χ2n) is 4.78. The van der Waals surface area contributed by atoms with Gasteiger partial charge in [-0.15, -0.1) is 0 Å². The van der Waals surface area contributed by atoms with Gasteiger partial charge in [0.05, 0.1) is 18.5 Å². The highest BCUT2D eigenvalue weighted by Gasteiger charge is 2.25.